The largest absolute Gasteiger partial charge is 0.350 e. The zero-order valence-corrected chi connectivity index (χ0v) is 19.6. The van der Waals surface area contributed by atoms with Gasteiger partial charge in [0.15, 0.2) is 5.96 Å². The number of benzene rings is 1. The predicted octanol–water partition coefficient (Wildman–Crippen LogP) is 2.47. The number of aromatic nitrogens is 2. The fourth-order valence-corrected chi connectivity index (χ4v) is 2.72. The van der Waals surface area contributed by atoms with Crippen molar-refractivity contribution in [2.75, 3.05) is 20.6 Å². The van der Waals surface area contributed by atoms with Gasteiger partial charge in [-0.3, -0.25) is 9.79 Å². The summed E-state index contributed by atoms with van der Waals surface area (Å²) in [6.45, 7) is 7.41. The minimum atomic E-state index is -0.253. The van der Waals surface area contributed by atoms with Crippen LogP contribution in [0.5, 0.6) is 0 Å². The molecule has 2 aromatic rings. The molecule has 154 valence electrons. The molecule has 0 saturated carbocycles. The Bertz CT molecular complexity index is 767. The summed E-state index contributed by atoms with van der Waals surface area (Å²) in [4.78, 5) is 22.6. The maximum absolute atomic E-state index is 12.1. The number of amides is 1. The number of hydrogen-bond acceptors (Lipinski definition) is 3. The average Bonchev–Trinajstić information content (AvgIpc) is 3.01. The lowest BCUT2D eigenvalue weighted by Gasteiger charge is -2.25. The minimum absolute atomic E-state index is 0. The number of carbonyl (C=O) groups is 1. The summed E-state index contributed by atoms with van der Waals surface area (Å²) in [5, 5.41) is 6.23. The fourth-order valence-electron chi connectivity index (χ4n) is 2.72. The molecule has 0 saturated heterocycles. The Labute approximate surface area is 184 Å². The molecule has 0 aliphatic carbocycles. The minimum Gasteiger partial charge on any atom is -0.350 e. The first-order valence-corrected chi connectivity index (χ1v) is 9.05. The van der Waals surface area contributed by atoms with Crippen molar-refractivity contribution in [3.8, 4) is 0 Å². The molecular weight excluding hydrogens is 467 g/mol. The lowest BCUT2D eigenvalue weighted by molar-refractivity contribution is -0.122. The number of aliphatic imine (C=N–C) groups is 1. The molecule has 0 aliphatic rings. The third-order valence-electron chi connectivity index (χ3n) is 3.87. The van der Waals surface area contributed by atoms with Crippen molar-refractivity contribution < 1.29 is 4.79 Å². The summed E-state index contributed by atoms with van der Waals surface area (Å²) in [5.74, 6) is 1.51. The summed E-state index contributed by atoms with van der Waals surface area (Å²) in [6, 6.07) is 10.3. The maximum atomic E-state index is 12.1. The molecule has 1 aromatic heterocycles. The molecule has 0 spiro atoms. The molecule has 0 radical (unpaired) electrons. The van der Waals surface area contributed by atoms with E-state index >= 15 is 0 Å². The number of rotatable bonds is 6. The number of hydrogen-bond donors (Lipinski definition) is 2. The first kappa shape index (κ1) is 23.9. The van der Waals surface area contributed by atoms with Gasteiger partial charge in [-0.25, -0.2) is 4.98 Å². The predicted molar refractivity (Wildman–Crippen MR) is 124 cm³/mol. The smallest absolute Gasteiger partial charge is 0.240 e. The maximum Gasteiger partial charge on any atom is 0.240 e. The molecule has 0 atom stereocenters. The van der Waals surface area contributed by atoms with Gasteiger partial charge in [0.05, 0.1) is 13.1 Å². The topological polar surface area (TPSA) is 74.5 Å². The summed E-state index contributed by atoms with van der Waals surface area (Å²) in [5.41, 5.74) is 0.967. The van der Waals surface area contributed by atoms with Crippen LogP contribution in [-0.4, -0.2) is 52.5 Å². The Balaban J connectivity index is 0.00000392. The zero-order chi connectivity index (χ0) is 19.9. The van der Waals surface area contributed by atoms with Gasteiger partial charge in [0.1, 0.15) is 5.82 Å². The Morgan fingerprint density at radius 1 is 1.25 bits per heavy atom. The molecule has 0 bridgehead atoms. The van der Waals surface area contributed by atoms with Gasteiger partial charge >= 0.3 is 0 Å². The summed E-state index contributed by atoms with van der Waals surface area (Å²) >= 11 is 0. The monoisotopic (exact) mass is 498 g/mol. The van der Waals surface area contributed by atoms with Gasteiger partial charge in [-0.2, -0.15) is 0 Å². The molecule has 1 heterocycles. The van der Waals surface area contributed by atoms with E-state index in [1.54, 1.807) is 18.1 Å². The van der Waals surface area contributed by atoms with E-state index in [9.17, 15) is 4.79 Å². The van der Waals surface area contributed by atoms with Crippen molar-refractivity contribution in [2.24, 2.45) is 4.99 Å². The van der Waals surface area contributed by atoms with E-state index in [4.69, 9.17) is 0 Å². The standard InChI is InChI=1S/C20H30N6O.HI/c1-20(2,3)24-18(27)15-25(5)19(21-4)23-13-17-22-11-12-26(17)14-16-9-7-6-8-10-16;/h6-12H,13-15H2,1-5H3,(H,21,23)(H,24,27);1H. The number of likely N-dealkylation sites (N-methyl/N-ethyl adjacent to an activating group) is 1. The number of nitrogens with one attached hydrogen (secondary N) is 2. The van der Waals surface area contributed by atoms with Crippen molar-refractivity contribution in [3.05, 3.63) is 54.1 Å². The summed E-state index contributed by atoms with van der Waals surface area (Å²) < 4.78 is 2.10. The van der Waals surface area contributed by atoms with Crippen LogP contribution >= 0.6 is 24.0 Å². The normalized spacial score (nSPS) is 11.5. The molecule has 28 heavy (non-hydrogen) atoms. The molecule has 2 N–H and O–H groups in total. The Morgan fingerprint density at radius 2 is 1.93 bits per heavy atom. The molecule has 0 fully saturated rings. The van der Waals surface area contributed by atoms with Gasteiger partial charge in [-0.1, -0.05) is 30.3 Å². The van der Waals surface area contributed by atoms with Crippen LogP contribution in [0.1, 0.15) is 32.2 Å². The number of carbonyl (C=O) groups excluding carboxylic acids is 1. The van der Waals surface area contributed by atoms with E-state index in [-0.39, 0.29) is 42.0 Å². The van der Waals surface area contributed by atoms with Crippen LogP contribution in [0.3, 0.4) is 0 Å². The second-order valence-electron chi connectivity index (χ2n) is 7.51. The molecule has 1 aromatic carbocycles. The van der Waals surface area contributed by atoms with Crippen LogP contribution in [0.25, 0.3) is 0 Å². The average molecular weight is 498 g/mol. The number of nitrogens with zero attached hydrogens (tertiary/aromatic N) is 4. The Morgan fingerprint density at radius 3 is 2.54 bits per heavy atom. The van der Waals surface area contributed by atoms with E-state index in [1.807, 2.05) is 52.2 Å². The lowest BCUT2D eigenvalue weighted by atomic mass is 10.1. The number of guanidine groups is 1. The quantitative estimate of drug-likeness (QED) is 0.365. The van der Waals surface area contributed by atoms with Crippen molar-refractivity contribution in [2.45, 2.75) is 39.4 Å². The van der Waals surface area contributed by atoms with Gasteiger partial charge in [-0.15, -0.1) is 24.0 Å². The molecular formula is C20H31IN6O. The van der Waals surface area contributed by atoms with Gasteiger partial charge in [0, 0.05) is 38.6 Å². The molecule has 1 amide bonds. The van der Waals surface area contributed by atoms with E-state index in [1.165, 1.54) is 5.56 Å². The van der Waals surface area contributed by atoms with E-state index in [2.05, 4.69) is 37.3 Å². The first-order chi connectivity index (χ1) is 12.8. The number of halogens is 1. The highest BCUT2D eigenvalue weighted by Gasteiger charge is 2.17. The van der Waals surface area contributed by atoms with E-state index in [0.29, 0.717) is 12.5 Å². The SMILES string of the molecule is CN=C(NCc1nccn1Cc1ccccc1)N(C)CC(=O)NC(C)(C)C.I. The first-order valence-electron chi connectivity index (χ1n) is 9.05. The lowest BCUT2D eigenvalue weighted by Crippen LogP contribution is -2.48. The Hall–Kier alpha value is -2.10. The van der Waals surface area contributed by atoms with Crippen LogP contribution < -0.4 is 10.6 Å². The van der Waals surface area contributed by atoms with E-state index < -0.39 is 0 Å². The highest BCUT2D eigenvalue weighted by atomic mass is 127. The summed E-state index contributed by atoms with van der Waals surface area (Å²) in [7, 11) is 3.55. The highest BCUT2D eigenvalue weighted by Crippen LogP contribution is 2.05. The second-order valence-corrected chi connectivity index (χ2v) is 7.51. The van der Waals surface area contributed by atoms with Crippen molar-refractivity contribution in [1.29, 1.82) is 0 Å². The Kier molecular flexibility index (Phi) is 9.44. The molecule has 2 rings (SSSR count). The zero-order valence-electron chi connectivity index (χ0n) is 17.3. The van der Waals surface area contributed by atoms with Crippen molar-refractivity contribution >= 4 is 35.8 Å². The van der Waals surface area contributed by atoms with Crippen LogP contribution in [0.4, 0.5) is 0 Å². The van der Waals surface area contributed by atoms with E-state index in [0.717, 1.165) is 12.4 Å². The highest BCUT2D eigenvalue weighted by molar-refractivity contribution is 14.0. The van der Waals surface area contributed by atoms with Gasteiger partial charge in [0.25, 0.3) is 0 Å². The van der Waals surface area contributed by atoms with Crippen molar-refractivity contribution in [1.82, 2.24) is 25.1 Å². The molecule has 7 nitrogen and oxygen atoms in total. The molecule has 8 heteroatoms. The fraction of sp³-hybridized carbons (Fsp3) is 0.450. The third-order valence-corrected chi connectivity index (χ3v) is 3.87. The molecule has 0 aliphatic heterocycles. The van der Waals surface area contributed by atoms with Crippen molar-refractivity contribution in [3.63, 3.8) is 0 Å². The second kappa shape index (κ2) is 11.0. The molecule has 0 unspecified atom stereocenters. The van der Waals surface area contributed by atoms with Crippen LogP contribution in [0.15, 0.2) is 47.7 Å². The number of imidazole rings is 1. The van der Waals surface area contributed by atoms with Crippen LogP contribution in [0, 0.1) is 0 Å². The van der Waals surface area contributed by atoms with Gasteiger partial charge in [-0.05, 0) is 26.3 Å². The van der Waals surface area contributed by atoms with Gasteiger partial charge in [0.2, 0.25) is 5.91 Å². The van der Waals surface area contributed by atoms with Gasteiger partial charge < -0.3 is 20.1 Å². The van der Waals surface area contributed by atoms with Crippen LogP contribution in [0.2, 0.25) is 0 Å². The summed E-state index contributed by atoms with van der Waals surface area (Å²) in [6.07, 6.45) is 3.76. The van der Waals surface area contributed by atoms with Crippen LogP contribution in [-0.2, 0) is 17.9 Å². The third kappa shape index (κ3) is 7.87.